The highest BCUT2D eigenvalue weighted by Gasteiger charge is 2.21. The highest BCUT2D eigenvalue weighted by Crippen LogP contribution is 2.32. The second kappa shape index (κ2) is 8.46. The molecule has 1 aliphatic rings. The van der Waals surface area contributed by atoms with Gasteiger partial charge in [-0.15, -0.1) is 11.3 Å². The fraction of sp³-hybridized carbons (Fsp3) is 0.240. The Balaban J connectivity index is 1.52. The summed E-state index contributed by atoms with van der Waals surface area (Å²) in [6, 6.07) is 20.8. The van der Waals surface area contributed by atoms with E-state index in [9.17, 15) is 10.1 Å². The molecule has 0 spiro atoms. The van der Waals surface area contributed by atoms with Crippen LogP contribution in [0.4, 0.5) is 0 Å². The normalized spacial score (nSPS) is 15.5. The second-order valence-corrected chi connectivity index (χ2v) is 8.66. The maximum absolute atomic E-state index is 13.4. The lowest BCUT2D eigenvalue weighted by Crippen LogP contribution is -2.31. The summed E-state index contributed by atoms with van der Waals surface area (Å²) in [7, 11) is 0. The van der Waals surface area contributed by atoms with E-state index in [0.29, 0.717) is 17.8 Å². The van der Waals surface area contributed by atoms with E-state index in [0.717, 1.165) is 35.2 Å². The van der Waals surface area contributed by atoms with E-state index < -0.39 is 0 Å². The molecule has 5 rings (SSSR count). The van der Waals surface area contributed by atoms with E-state index >= 15 is 0 Å². The van der Waals surface area contributed by atoms with Gasteiger partial charge in [0.1, 0.15) is 17.2 Å². The minimum Gasteiger partial charge on any atom is -0.303 e. The number of benzene rings is 2. The maximum Gasteiger partial charge on any atom is 0.263 e. The van der Waals surface area contributed by atoms with Crippen LogP contribution in [0.3, 0.4) is 0 Å². The van der Waals surface area contributed by atoms with Crippen LogP contribution in [0.5, 0.6) is 0 Å². The van der Waals surface area contributed by atoms with Gasteiger partial charge in [-0.25, -0.2) is 4.98 Å². The van der Waals surface area contributed by atoms with Crippen LogP contribution >= 0.6 is 11.3 Å². The van der Waals surface area contributed by atoms with Gasteiger partial charge in [0.2, 0.25) is 0 Å². The molecule has 2 aromatic carbocycles. The summed E-state index contributed by atoms with van der Waals surface area (Å²) in [4.78, 5) is 18.9. The molecule has 6 heteroatoms. The largest absolute Gasteiger partial charge is 0.303 e. The molecule has 1 unspecified atom stereocenters. The van der Waals surface area contributed by atoms with Crippen LogP contribution in [0.25, 0.3) is 21.3 Å². The Morgan fingerprint density at radius 2 is 1.97 bits per heavy atom. The average Bonchev–Trinajstić information content (AvgIpc) is 3.24. The number of aromatic nitrogens is 2. The van der Waals surface area contributed by atoms with Gasteiger partial charge >= 0.3 is 0 Å². The summed E-state index contributed by atoms with van der Waals surface area (Å²) in [5.41, 5.74) is 4.43. The summed E-state index contributed by atoms with van der Waals surface area (Å²) in [6.45, 7) is 0.439. The number of hydrogen-bond donors (Lipinski definition) is 1. The minimum absolute atomic E-state index is 0.00980. The van der Waals surface area contributed by atoms with Crippen LogP contribution in [-0.2, 0) is 19.5 Å². The Morgan fingerprint density at radius 1 is 1.16 bits per heavy atom. The van der Waals surface area contributed by atoms with Crippen molar-refractivity contribution in [3.63, 3.8) is 0 Å². The lowest BCUT2D eigenvalue weighted by Gasteiger charge is -2.26. The number of nitrogens with one attached hydrogen (secondary N) is 1. The van der Waals surface area contributed by atoms with Crippen molar-refractivity contribution in [3.8, 4) is 17.2 Å². The first kappa shape index (κ1) is 19.7. The SMILES string of the molecule is N#CCn1c(CNC2CCCc3ccccc32)nc2scc(-c3ccccc3)c2c1=O. The number of nitriles is 1. The van der Waals surface area contributed by atoms with Gasteiger partial charge in [-0.3, -0.25) is 9.36 Å². The quantitative estimate of drug-likeness (QED) is 0.497. The van der Waals surface area contributed by atoms with Crippen LogP contribution < -0.4 is 10.9 Å². The Morgan fingerprint density at radius 3 is 2.81 bits per heavy atom. The standard InChI is InChI=1S/C25H22N4OS/c26-13-14-29-22(15-27-21-12-6-10-17-9-4-5-11-19(17)21)28-24-23(25(29)30)20(16-31-24)18-7-2-1-3-8-18/h1-5,7-9,11,16,21,27H,6,10,12,14-15H2. The zero-order chi connectivity index (χ0) is 21.2. The molecule has 31 heavy (non-hydrogen) atoms. The predicted octanol–water partition coefficient (Wildman–Crippen LogP) is 4.82. The molecule has 0 saturated carbocycles. The lowest BCUT2D eigenvalue weighted by atomic mass is 9.88. The van der Waals surface area contributed by atoms with Gasteiger partial charge in [-0.1, -0.05) is 54.6 Å². The molecule has 4 aromatic rings. The van der Waals surface area contributed by atoms with E-state index in [4.69, 9.17) is 4.98 Å². The Kier molecular flexibility index (Phi) is 5.37. The van der Waals surface area contributed by atoms with E-state index in [1.807, 2.05) is 35.7 Å². The maximum atomic E-state index is 13.4. The van der Waals surface area contributed by atoms with Crippen LogP contribution in [0.15, 0.2) is 64.8 Å². The van der Waals surface area contributed by atoms with Crippen molar-refractivity contribution >= 4 is 21.6 Å². The molecule has 0 aliphatic heterocycles. The Hall–Kier alpha value is -3.27. The summed E-state index contributed by atoms with van der Waals surface area (Å²) < 4.78 is 1.52. The van der Waals surface area contributed by atoms with Crippen molar-refractivity contribution in [1.82, 2.24) is 14.9 Å². The zero-order valence-electron chi connectivity index (χ0n) is 17.0. The first-order valence-corrected chi connectivity index (χ1v) is 11.4. The van der Waals surface area contributed by atoms with Gasteiger partial charge in [0.25, 0.3) is 5.56 Å². The van der Waals surface area contributed by atoms with Crippen LogP contribution in [-0.4, -0.2) is 9.55 Å². The third-order valence-electron chi connectivity index (χ3n) is 5.96. The van der Waals surface area contributed by atoms with Crippen LogP contribution in [0, 0.1) is 11.3 Å². The molecule has 154 valence electrons. The molecule has 0 bridgehead atoms. The van der Waals surface area contributed by atoms with Gasteiger partial charge in [0.15, 0.2) is 0 Å². The van der Waals surface area contributed by atoms with E-state index in [1.165, 1.54) is 27.0 Å². The number of thiophene rings is 1. The summed E-state index contributed by atoms with van der Waals surface area (Å²) in [6.07, 6.45) is 3.30. The number of aryl methyl sites for hydroxylation is 1. The van der Waals surface area contributed by atoms with Crippen LogP contribution in [0.2, 0.25) is 0 Å². The molecule has 1 N–H and O–H groups in total. The van der Waals surface area contributed by atoms with Gasteiger partial charge < -0.3 is 5.32 Å². The number of fused-ring (bicyclic) bond motifs is 2. The molecule has 0 radical (unpaired) electrons. The Bertz CT molecular complexity index is 1330. The zero-order valence-corrected chi connectivity index (χ0v) is 17.9. The van der Waals surface area contributed by atoms with Gasteiger partial charge in [0.05, 0.1) is 18.0 Å². The summed E-state index contributed by atoms with van der Waals surface area (Å²) in [5, 5.41) is 15.5. The topological polar surface area (TPSA) is 70.7 Å². The van der Waals surface area contributed by atoms with E-state index in [1.54, 1.807) is 0 Å². The minimum atomic E-state index is -0.146. The van der Waals surface area contributed by atoms with Gasteiger partial charge in [-0.05, 0) is 36.0 Å². The van der Waals surface area contributed by atoms with Crippen molar-refractivity contribution in [1.29, 1.82) is 5.26 Å². The van der Waals surface area contributed by atoms with Crippen molar-refractivity contribution in [2.45, 2.75) is 38.4 Å². The lowest BCUT2D eigenvalue weighted by molar-refractivity contribution is 0.446. The highest BCUT2D eigenvalue weighted by molar-refractivity contribution is 7.17. The van der Waals surface area contributed by atoms with E-state index in [2.05, 4.69) is 35.7 Å². The van der Waals surface area contributed by atoms with Crippen molar-refractivity contribution < 1.29 is 0 Å². The first-order valence-electron chi connectivity index (χ1n) is 10.5. The second-order valence-electron chi connectivity index (χ2n) is 7.80. The number of nitrogens with zero attached hydrogens (tertiary/aromatic N) is 3. The molecule has 1 atom stereocenters. The molecule has 0 amide bonds. The molecular weight excluding hydrogens is 404 g/mol. The van der Waals surface area contributed by atoms with Crippen molar-refractivity contribution in [3.05, 3.63) is 87.3 Å². The van der Waals surface area contributed by atoms with Crippen molar-refractivity contribution in [2.75, 3.05) is 0 Å². The monoisotopic (exact) mass is 426 g/mol. The average molecular weight is 427 g/mol. The third-order valence-corrected chi connectivity index (χ3v) is 6.83. The number of hydrogen-bond acceptors (Lipinski definition) is 5. The summed E-state index contributed by atoms with van der Waals surface area (Å²) in [5.74, 6) is 0.614. The molecule has 2 heterocycles. The smallest absolute Gasteiger partial charge is 0.263 e. The molecule has 2 aromatic heterocycles. The molecular formula is C25H22N4OS. The molecule has 0 saturated heterocycles. The number of rotatable bonds is 5. The molecule has 0 fully saturated rings. The Labute approximate surface area is 184 Å². The van der Waals surface area contributed by atoms with Gasteiger partial charge in [0, 0.05) is 17.0 Å². The van der Waals surface area contributed by atoms with Gasteiger partial charge in [-0.2, -0.15) is 5.26 Å². The van der Waals surface area contributed by atoms with Crippen molar-refractivity contribution in [2.24, 2.45) is 0 Å². The third kappa shape index (κ3) is 3.67. The molecule has 1 aliphatic carbocycles. The summed E-state index contributed by atoms with van der Waals surface area (Å²) >= 11 is 1.48. The predicted molar refractivity (Wildman–Crippen MR) is 124 cm³/mol. The fourth-order valence-corrected chi connectivity index (χ4v) is 5.40. The fourth-order valence-electron chi connectivity index (χ4n) is 4.45. The first-order chi connectivity index (χ1) is 15.3. The van der Waals surface area contributed by atoms with Crippen LogP contribution in [0.1, 0.15) is 35.8 Å². The molecule has 5 nitrogen and oxygen atoms in total. The van der Waals surface area contributed by atoms with E-state index in [-0.39, 0.29) is 18.1 Å². The highest BCUT2D eigenvalue weighted by atomic mass is 32.1.